The highest BCUT2D eigenvalue weighted by Crippen LogP contribution is 2.68. The van der Waals surface area contributed by atoms with Gasteiger partial charge in [0, 0.05) is 0 Å². The maximum atomic E-state index is 2.75. The Balaban J connectivity index is 1.57. The fraction of sp³-hybridized carbons (Fsp3) is 1.00. The van der Waals surface area contributed by atoms with Gasteiger partial charge in [0.25, 0.3) is 0 Å². The van der Waals surface area contributed by atoms with Crippen molar-refractivity contribution in [1.29, 1.82) is 0 Å². The summed E-state index contributed by atoms with van der Waals surface area (Å²) in [6.07, 6.45) is 37.7. The molecule has 0 aromatic heterocycles. The van der Waals surface area contributed by atoms with Crippen LogP contribution in [-0.4, -0.2) is 14.3 Å². The second kappa shape index (κ2) is 13.9. The van der Waals surface area contributed by atoms with Crippen molar-refractivity contribution in [1.82, 2.24) is 0 Å². The topological polar surface area (TPSA) is 0 Å². The van der Waals surface area contributed by atoms with Gasteiger partial charge in [0.05, 0.1) is 14.3 Å². The van der Waals surface area contributed by atoms with Crippen LogP contribution in [0.1, 0.15) is 174 Å². The molecule has 3 aliphatic rings. The van der Waals surface area contributed by atoms with E-state index in [0.717, 1.165) is 5.31 Å². The normalized spacial score (nSPS) is 28.4. The molecule has 0 nitrogen and oxygen atoms in total. The van der Waals surface area contributed by atoms with Gasteiger partial charge in [-0.05, 0) is 18.3 Å². The maximum Gasteiger partial charge on any atom is 0.0959 e. The van der Waals surface area contributed by atoms with Crippen LogP contribution in [0.4, 0.5) is 0 Å². The summed E-state index contributed by atoms with van der Waals surface area (Å²) >= 11 is 0. The van der Waals surface area contributed by atoms with E-state index in [4.69, 9.17) is 0 Å². The van der Waals surface area contributed by atoms with Crippen molar-refractivity contribution in [3.63, 3.8) is 0 Å². The van der Waals surface area contributed by atoms with E-state index >= 15 is 0 Å². The lowest BCUT2D eigenvalue weighted by Crippen LogP contribution is -2.35. The van der Waals surface area contributed by atoms with Crippen LogP contribution in [0.15, 0.2) is 0 Å². The van der Waals surface area contributed by atoms with E-state index in [1.54, 1.807) is 20.0 Å². The Kier molecular flexibility index (Phi) is 11.6. The van der Waals surface area contributed by atoms with Gasteiger partial charge in [-0.15, -0.1) is 0 Å². The van der Waals surface area contributed by atoms with Crippen molar-refractivity contribution in [2.45, 2.75) is 185 Å². The van der Waals surface area contributed by atoms with Crippen molar-refractivity contribution in [3.8, 4) is 0 Å². The molecule has 2 heteroatoms. The maximum absolute atomic E-state index is 2.75. The molecule has 3 rings (SSSR count). The Labute approximate surface area is 204 Å². The molecule has 32 heavy (non-hydrogen) atoms. The molecule has 0 heterocycles. The first-order chi connectivity index (χ1) is 15.6. The molecule has 0 amide bonds. The molecular formula is C30H58B2. The van der Waals surface area contributed by atoms with E-state index in [-0.39, 0.29) is 0 Å². The monoisotopic (exact) mass is 440 g/mol. The Morgan fingerprint density at radius 2 is 0.656 bits per heavy atom. The highest BCUT2D eigenvalue weighted by Gasteiger charge is 2.55. The largest absolute Gasteiger partial charge is 0.0959 e. The molecule has 0 saturated heterocycles. The van der Waals surface area contributed by atoms with Gasteiger partial charge in [-0.3, -0.25) is 0 Å². The molecule has 0 unspecified atom stereocenters. The molecule has 0 aromatic carbocycles. The van der Waals surface area contributed by atoms with Gasteiger partial charge in [-0.1, -0.05) is 172 Å². The molecule has 3 aliphatic carbocycles. The van der Waals surface area contributed by atoms with E-state index in [1.807, 2.05) is 0 Å². The number of hydrogen-bond acceptors (Lipinski definition) is 0. The van der Waals surface area contributed by atoms with Gasteiger partial charge < -0.3 is 0 Å². The quantitative estimate of drug-likeness (QED) is 0.382. The van der Waals surface area contributed by atoms with Crippen molar-refractivity contribution >= 4 is 14.3 Å². The summed E-state index contributed by atoms with van der Waals surface area (Å²) in [4.78, 5) is 0. The minimum atomic E-state index is 0.633. The highest BCUT2D eigenvalue weighted by atomic mass is 14.5. The predicted molar refractivity (Wildman–Crippen MR) is 149 cm³/mol. The highest BCUT2D eigenvalue weighted by molar-refractivity contribution is 7.03. The van der Waals surface area contributed by atoms with E-state index in [2.05, 4.69) is 13.8 Å². The lowest BCUT2D eigenvalue weighted by atomic mass is 9.20. The van der Waals surface area contributed by atoms with Crippen LogP contribution in [0.3, 0.4) is 0 Å². The molecule has 0 spiro atoms. The summed E-state index contributed by atoms with van der Waals surface area (Å²) in [5, 5.41) is 1.36. The van der Waals surface area contributed by atoms with Crippen molar-refractivity contribution in [2.24, 2.45) is 5.41 Å². The zero-order valence-corrected chi connectivity index (χ0v) is 22.6. The van der Waals surface area contributed by atoms with Gasteiger partial charge in [0.2, 0.25) is 0 Å². The summed E-state index contributed by atoms with van der Waals surface area (Å²) in [5.41, 5.74) is 0.642. The average Bonchev–Trinajstić information content (AvgIpc) is 3.57. The Morgan fingerprint density at radius 3 is 1.00 bits per heavy atom. The van der Waals surface area contributed by atoms with Crippen molar-refractivity contribution in [3.05, 3.63) is 0 Å². The van der Waals surface area contributed by atoms with Gasteiger partial charge in [0.15, 0.2) is 0 Å². The molecule has 0 aromatic rings. The van der Waals surface area contributed by atoms with Crippen molar-refractivity contribution in [2.75, 3.05) is 0 Å². The summed E-state index contributed by atoms with van der Waals surface area (Å²) in [5.74, 6) is 0. The number of hydrogen-bond donors (Lipinski definition) is 0. The van der Waals surface area contributed by atoms with Gasteiger partial charge in [0.1, 0.15) is 0 Å². The van der Waals surface area contributed by atoms with Crippen LogP contribution in [0, 0.1) is 5.41 Å². The van der Waals surface area contributed by atoms with Crippen LogP contribution in [0.2, 0.25) is 10.6 Å². The summed E-state index contributed by atoms with van der Waals surface area (Å²) in [7, 11) is 3.09. The average molecular weight is 440 g/mol. The van der Waals surface area contributed by atoms with Gasteiger partial charge in [-0.2, -0.15) is 0 Å². The minimum Gasteiger partial charge on any atom is -0.0673 e. The molecule has 184 valence electrons. The molecule has 0 aliphatic heterocycles. The summed E-state index contributed by atoms with van der Waals surface area (Å²) < 4.78 is 0. The molecule has 0 N–H and O–H groups in total. The fourth-order valence-electron chi connectivity index (χ4n) is 7.66. The van der Waals surface area contributed by atoms with E-state index in [1.165, 1.54) is 155 Å². The SMILES string of the molecule is CC1(BBC2(C3(C)CCCCCCCCCCCC3)CC2)CCCCCCCCCCC1. The molecule has 0 radical (unpaired) electrons. The zero-order valence-electron chi connectivity index (χ0n) is 22.6. The van der Waals surface area contributed by atoms with Crippen molar-refractivity contribution < 1.29 is 0 Å². The standard InChI is InChI=1S/C30H58B2/c1-28(22-18-14-10-6-3-4-7-11-15-19-23-28)30(26-27-30)32-31-29(2)24-20-16-12-8-5-9-13-17-21-25-29/h31-32H,3-27H2,1-2H3. The Bertz CT molecular complexity index is 469. The molecular weight excluding hydrogens is 382 g/mol. The first-order valence-corrected chi connectivity index (χ1v) is 15.6. The first kappa shape index (κ1) is 26.7. The molecule has 0 bridgehead atoms. The lowest BCUT2D eigenvalue weighted by Gasteiger charge is -2.41. The third-order valence-electron chi connectivity index (χ3n) is 10.6. The second-order valence-electron chi connectivity index (χ2n) is 13.4. The Morgan fingerprint density at radius 1 is 0.344 bits per heavy atom. The summed E-state index contributed by atoms with van der Waals surface area (Å²) in [6.45, 7) is 5.45. The van der Waals surface area contributed by atoms with E-state index in [9.17, 15) is 0 Å². The molecule has 0 atom stereocenters. The second-order valence-corrected chi connectivity index (χ2v) is 13.4. The smallest absolute Gasteiger partial charge is 0.0673 e. The van der Waals surface area contributed by atoms with Crippen LogP contribution in [0.5, 0.6) is 0 Å². The number of rotatable bonds is 4. The Hall–Kier alpha value is 0.130. The summed E-state index contributed by atoms with van der Waals surface area (Å²) in [6, 6.07) is 0. The van der Waals surface area contributed by atoms with Gasteiger partial charge in [-0.25, -0.2) is 0 Å². The van der Waals surface area contributed by atoms with Crippen LogP contribution >= 0.6 is 0 Å². The van der Waals surface area contributed by atoms with E-state index in [0.29, 0.717) is 10.7 Å². The zero-order chi connectivity index (χ0) is 22.6. The van der Waals surface area contributed by atoms with Crippen LogP contribution < -0.4 is 0 Å². The first-order valence-electron chi connectivity index (χ1n) is 15.6. The predicted octanol–water partition coefficient (Wildman–Crippen LogP) is 9.91. The minimum absolute atomic E-state index is 0.633. The third-order valence-corrected chi connectivity index (χ3v) is 10.6. The molecule has 3 saturated carbocycles. The third kappa shape index (κ3) is 8.73. The lowest BCUT2D eigenvalue weighted by molar-refractivity contribution is 0.221. The van der Waals surface area contributed by atoms with Crippen LogP contribution in [-0.2, 0) is 0 Å². The van der Waals surface area contributed by atoms with Gasteiger partial charge >= 0.3 is 0 Å². The molecule has 3 fully saturated rings. The van der Waals surface area contributed by atoms with Crippen LogP contribution in [0.25, 0.3) is 0 Å². The van der Waals surface area contributed by atoms with E-state index < -0.39 is 0 Å². The fourth-order valence-corrected chi connectivity index (χ4v) is 7.66.